The third kappa shape index (κ3) is 3.37. The minimum absolute atomic E-state index is 0.00782. The number of carbonyl (C=O) groups is 1. The van der Waals surface area contributed by atoms with Crippen LogP contribution in [0.2, 0.25) is 0 Å². The van der Waals surface area contributed by atoms with Gasteiger partial charge in [-0.1, -0.05) is 27.7 Å². The molecule has 0 spiro atoms. The molecule has 3 heteroatoms. The SMILES string of the molecule is CCOC(=O)C(C#N)C(C)C(C)(C)C. The predicted octanol–water partition coefficient (Wildman–Crippen LogP) is 2.37. The van der Waals surface area contributed by atoms with E-state index in [1.54, 1.807) is 6.92 Å². The monoisotopic (exact) mass is 197 g/mol. The number of nitrogens with zero attached hydrogens (tertiary/aromatic N) is 1. The van der Waals surface area contributed by atoms with Crippen molar-refractivity contribution in [2.45, 2.75) is 34.6 Å². The van der Waals surface area contributed by atoms with Crippen LogP contribution in [0.3, 0.4) is 0 Å². The Labute approximate surface area is 86.1 Å². The van der Waals surface area contributed by atoms with Crippen molar-refractivity contribution in [3.8, 4) is 6.07 Å². The second-order valence-electron chi connectivity index (χ2n) is 4.51. The Bertz CT molecular complexity index is 235. The van der Waals surface area contributed by atoms with E-state index in [1.165, 1.54) is 0 Å². The standard InChI is InChI=1S/C11H19NO2/c1-6-14-10(13)9(7-12)8(2)11(3,4)5/h8-9H,6H2,1-5H3. The highest BCUT2D eigenvalue weighted by molar-refractivity contribution is 5.75. The van der Waals surface area contributed by atoms with Gasteiger partial charge in [0.1, 0.15) is 5.92 Å². The zero-order valence-corrected chi connectivity index (χ0v) is 9.63. The Hall–Kier alpha value is -1.04. The van der Waals surface area contributed by atoms with Crippen molar-refractivity contribution < 1.29 is 9.53 Å². The van der Waals surface area contributed by atoms with Gasteiger partial charge in [0.05, 0.1) is 12.7 Å². The molecule has 0 aliphatic rings. The molecule has 2 unspecified atom stereocenters. The van der Waals surface area contributed by atoms with Crippen LogP contribution in [0, 0.1) is 28.6 Å². The van der Waals surface area contributed by atoms with Crippen molar-refractivity contribution in [3.05, 3.63) is 0 Å². The van der Waals surface area contributed by atoms with Gasteiger partial charge in [0, 0.05) is 0 Å². The number of nitriles is 1. The number of ether oxygens (including phenoxy) is 1. The molecule has 0 fully saturated rings. The molecule has 3 nitrogen and oxygen atoms in total. The molecule has 0 aromatic rings. The molecule has 0 rings (SSSR count). The second-order valence-corrected chi connectivity index (χ2v) is 4.51. The fourth-order valence-corrected chi connectivity index (χ4v) is 1.10. The molecule has 0 aromatic carbocycles. The number of carbonyl (C=O) groups excluding carboxylic acids is 1. The van der Waals surface area contributed by atoms with Crippen molar-refractivity contribution >= 4 is 5.97 Å². The third-order valence-electron chi connectivity index (χ3n) is 2.55. The van der Waals surface area contributed by atoms with Crippen LogP contribution in [0.1, 0.15) is 34.6 Å². The summed E-state index contributed by atoms with van der Waals surface area (Å²) in [5.41, 5.74) is -0.0623. The summed E-state index contributed by atoms with van der Waals surface area (Å²) in [6.45, 7) is 10.0. The number of hydrogen-bond donors (Lipinski definition) is 0. The van der Waals surface area contributed by atoms with Crippen LogP contribution in [0.4, 0.5) is 0 Å². The Morgan fingerprint density at radius 3 is 2.29 bits per heavy atom. The molecule has 14 heavy (non-hydrogen) atoms. The molecule has 80 valence electrons. The fourth-order valence-electron chi connectivity index (χ4n) is 1.10. The van der Waals surface area contributed by atoms with Gasteiger partial charge in [-0.25, -0.2) is 0 Å². The van der Waals surface area contributed by atoms with Gasteiger partial charge in [0.2, 0.25) is 0 Å². The highest BCUT2D eigenvalue weighted by Gasteiger charge is 2.34. The van der Waals surface area contributed by atoms with Crippen LogP contribution in [-0.2, 0) is 9.53 Å². The van der Waals surface area contributed by atoms with Crippen LogP contribution < -0.4 is 0 Å². The molecule has 0 aromatic heterocycles. The van der Waals surface area contributed by atoms with Crippen molar-refractivity contribution in [2.75, 3.05) is 6.61 Å². The van der Waals surface area contributed by atoms with Crippen molar-refractivity contribution in [3.63, 3.8) is 0 Å². The van der Waals surface area contributed by atoms with Crippen LogP contribution >= 0.6 is 0 Å². The number of rotatable bonds is 3. The predicted molar refractivity (Wildman–Crippen MR) is 54.4 cm³/mol. The molecule has 0 bridgehead atoms. The van der Waals surface area contributed by atoms with Gasteiger partial charge < -0.3 is 4.74 Å². The molecule has 0 aliphatic carbocycles. The summed E-state index contributed by atoms with van der Waals surface area (Å²) in [5.74, 6) is -1.07. The lowest BCUT2D eigenvalue weighted by Crippen LogP contribution is -2.31. The van der Waals surface area contributed by atoms with E-state index < -0.39 is 11.9 Å². The summed E-state index contributed by atoms with van der Waals surface area (Å²) in [6, 6.07) is 2.02. The molecule has 0 saturated heterocycles. The Kier molecular flexibility index (Phi) is 4.62. The molecule has 0 radical (unpaired) electrons. The minimum Gasteiger partial charge on any atom is -0.465 e. The summed E-state index contributed by atoms with van der Waals surface area (Å²) in [4.78, 5) is 11.4. The maximum Gasteiger partial charge on any atom is 0.323 e. The van der Waals surface area contributed by atoms with Crippen LogP contribution in [0.5, 0.6) is 0 Å². The minimum atomic E-state index is -0.657. The molecule has 0 saturated carbocycles. The van der Waals surface area contributed by atoms with E-state index >= 15 is 0 Å². The average molecular weight is 197 g/mol. The van der Waals surface area contributed by atoms with Crippen molar-refractivity contribution in [1.82, 2.24) is 0 Å². The zero-order valence-electron chi connectivity index (χ0n) is 9.63. The summed E-state index contributed by atoms with van der Waals surface area (Å²) >= 11 is 0. The highest BCUT2D eigenvalue weighted by Crippen LogP contribution is 2.32. The van der Waals surface area contributed by atoms with Crippen LogP contribution in [0.15, 0.2) is 0 Å². The van der Waals surface area contributed by atoms with E-state index in [4.69, 9.17) is 10.00 Å². The summed E-state index contributed by atoms with van der Waals surface area (Å²) < 4.78 is 4.85. The summed E-state index contributed by atoms with van der Waals surface area (Å²) in [5, 5.41) is 8.91. The van der Waals surface area contributed by atoms with Gasteiger partial charge in [-0.05, 0) is 18.3 Å². The van der Waals surface area contributed by atoms with Gasteiger partial charge in [-0.3, -0.25) is 4.79 Å². The van der Waals surface area contributed by atoms with Gasteiger partial charge in [-0.15, -0.1) is 0 Å². The van der Waals surface area contributed by atoms with E-state index in [1.807, 2.05) is 33.8 Å². The molecule has 0 amide bonds. The lowest BCUT2D eigenvalue weighted by atomic mass is 9.75. The Morgan fingerprint density at radius 2 is 2.00 bits per heavy atom. The van der Waals surface area contributed by atoms with Crippen molar-refractivity contribution in [1.29, 1.82) is 5.26 Å². The second kappa shape index (κ2) is 4.99. The highest BCUT2D eigenvalue weighted by atomic mass is 16.5. The first-order valence-electron chi connectivity index (χ1n) is 4.90. The lowest BCUT2D eigenvalue weighted by Gasteiger charge is -2.29. The Balaban J connectivity index is 4.59. The first-order valence-corrected chi connectivity index (χ1v) is 4.90. The largest absolute Gasteiger partial charge is 0.465 e. The molecule has 0 aliphatic heterocycles. The number of hydrogen-bond acceptors (Lipinski definition) is 3. The average Bonchev–Trinajstić information content (AvgIpc) is 2.04. The molecule has 0 N–H and O–H groups in total. The number of esters is 1. The van der Waals surface area contributed by atoms with Crippen LogP contribution in [0.25, 0.3) is 0 Å². The van der Waals surface area contributed by atoms with E-state index in [0.717, 1.165) is 0 Å². The maximum atomic E-state index is 11.4. The quantitative estimate of drug-likeness (QED) is 0.653. The topological polar surface area (TPSA) is 50.1 Å². The molecular formula is C11H19NO2. The van der Waals surface area contributed by atoms with Gasteiger partial charge in [0.15, 0.2) is 0 Å². The smallest absolute Gasteiger partial charge is 0.323 e. The van der Waals surface area contributed by atoms with Crippen molar-refractivity contribution in [2.24, 2.45) is 17.3 Å². The fraction of sp³-hybridized carbons (Fsp3) is 0.818. The van der Waals surface area contributed by atoms with Crippen LogP contribution in [-0.4, -0.2) is 12.6 Å². The van der Waals surface area contributed by atoms with E-state index in [9.17, 15) is 4.79 Å². The normalized spacial score (nSPS) is 15.4. The first-order chi connectivity index (χ1) is 6.34. The summed E-state index contributed by atoms with van der Waals surface area (Å²) in [7, 11) is 0. The molecule has 2 atom stereocenters. The first kappa shape index (κ1) is 13.0. The Morgan fingerprint density at radius 1 is 1.50 bits per heavy atom. The lowest BCUT2D eigenvalue weighted by molar-refractivity contribution is -0.148. The van der Waals surface area contributed by atoms with E-state index in [0.29, 0.717) is 6.61 Å². The molecular weight excluding hydrogens is 178 g/mol. The molecule has 0 heterocycles. The van der Waals surface area contributed by atoms with Gasteiger partial charge in [0.25, 0.3) is 0 Å². The van der Waals surface area contributed by atoms with Gasteiger partial charge >= 0.3 is 5.97 Å². The van der Waals surface area contributed by atoms with Gasteiger partial charge in [-0.2, -0.15) is 5.26 Å². The third-order valence-corrected chi connectivity index (χ3v) is 2.55. The summed E-state index contributed by atoms with van der Waals surface area (Å²) in [6.07, 6.45) is 0. The van der Waals surface area contributed by atoms with E-state index in [-0.39, 0.29) is 11.3 Å². The zero-order chi connectivity index (χ0) is 11.4. The van der Waals surface area contributed by atoms with E-state index in [2.05, 4.69) is 0 Å². The maximum absolute atomic E-state index is 11.4.